The molecule has 0 radical (unpaired) electrons. The van der Waals surface area contributed by atoms with Gasteiger partial charge in [0.1, 0.15) is 0 Å². The molecule has 0 aromatic rings. The van der Waals surface area contributed by atoms with Crippen LogP contribution in [0.15, 0.2) is 36.5 Å². The first-order valence-corrected chi connectivity index (χ1v) is 13.2. The minimum Gasteiger partial charge on any atom is -0.340 e. The third kappa shape index (κ3) is 12.3. The molecule has 1 aliphatic rings. The fraction of sp³-hybridized carbons (Fsp3) is 0.727. The van der Waals surface area contributed by atoms with E-state index in [0.29, 0.717) is 10.8 Å². The summed E-state index contributed by atoms with van der Waals surface area (Å²) in [4.78, 5) is 0. The number of hydrogen-bond acceptors (Lipinski definition) is 3. The predicted octanol–water partition coefficient (Wildman–Crippen LogP) is 7.26. The van der Waals surface area contributed by atoms with Crippen molar-refractivity contribution in [2.75, 3.05) is 19.6 Å². The number of allylic oxidation sites excluding steroid dienone is 3. The molecule has 0 amide bonds. The van der Waals surface area contributed by atoms with Crippen LogP contribution >= 0.6 is 33.9 Å². The molecule has 0 saturated heterocycles. The van der Waals surface area contributed by atoms with E-state index in [9.17, 15) is 0 Å². The van der Waals surface area contributed by atoms with Crippen LogP contribution in [0.25, 0.3) is 0 Å². The zero-order valence-corrected chi connectivity index (χ0v) is 21.3. The largest absolute Gasteiger partial charge is 0.340 e. The van der Waals surface area contributed by atoms with Gasteiger partial charge in [0.2, 0.25) is 0 Å². The minimum absolute atomic E-state index is 0.157. The van der Waals surface area contributed by atoms with Gasteiger partial charge < -0.3 is 4.18 Å². The van der Waals surface area contributed by atoms with Gasteiger partial charge in [-0.25, -0.2) is 0 Å². The first kappa shape index (κ1) is 27.1. The number of hydrogen-bond donors (Lipinski definition) is 1. The maximum absolute atomic E-state index is 6.15. The van der Waals surface area contributed by atoms with Gasteiger partial charge in [-0.3, -0.25) is 4.72 Å². The summed E-state index contributed by atoms with van der Waals surface area (Å²) >= 11 is 7.94. The van der Waals surface area contributed by atoms with Gasteiger partial charge in [-0.15, -0.1) is 28.5 Å². The zero-order chi connectivity index (χ0) is 21.3. The normalized spacial score (nSPS) is 19.6. The Labute approximate surface area is 180 Å². The van der Waals surface area contributed by atoms with Crippen molar-refractivity contribution in [2.24, 2.45) is 0 Å². The van der Waals surface area contributed by atoms with E-state index in [4.69, 9.17) is 15.8 Å². The van der Waals surface area contributed by atoms with Crippen LogP contribution in [0.2, 0.25) is 0 Å². The second kappa shape index (κ2) is 12.0. The lowest BCUT2D eigenvalue weighted by Gasteiger charge is -2.42. The van der Waals surface area contributed by atoms with E-state index in [1.165, 1.54) is 5.57 Å². The van der Waals surface area contributed by atoms with Gasteiger partial charge >= 0.3 is 0 Å². The highest BCUT2D eigenvalue weighted by atomic mass is 35.5. The second-order valence-corrected chi connectivity index (χ2v) is 15.4. The quantitative estimate of drug-likeness (QED) is 0.258. The van der Waals surface area contributed by atoms with Gasteiger partial charge in [0.15, 0.2) is 0 Å². The van der Waals surface area contributed by atoms with Crippen molar-refractivity contribution in [3.05, 3.63) is 36.5 Å². The van der Waals surface area contributed by atoms with Crippen molar-refractivity contribution in [1.29, 1.82) is 0 Å². The molecule has 0 spiro atoms. The molecule has 27 heavy (non-hydrogen) atoms. The Morgan fingerprint density at radius 1 is 1.33 bits per heavy atom. The molecule has 5 heteroatoms. The molecule has 0 saturated carbocycles. The van der Waals surface area contributed by atoms with Crippen LogP contribution in [0.4, 0.5) is 0 Å². The molecule has 0 aliphatic heterocycles. The molecule has 0 fully saturated rings. The Morgan fingerprint density at radius 3 is 2.30 bits per heavy atom. The van der Waals surface area contributed by atoms with E-state index in [0.717, 1.165) is 19.3 Å². The summed E-state index contributed by atoms with van der Waals surface area (Å²) in [6.45, 7) is 17.1. The smallest absolute Gasteiger partial charge is 0.0556 e. The van der Waals surface area contributed by atoms with E-state index in [-0.39, 0.29) is 10.1 Å². The van der Waals surface area contributed by atoms with Crippen LogP contribution in [0.5, 0.6) is 0 Å². The van der Waals surface area contributed by atoms with Gasteiger partial charge in [-0.1, -0.05) is 57.0 Å². The van der Waals surface area contributed by atoms with E-state index in [2.05, 4.69) is 83.6 Å². The van der Waals surface area contributed by atoms with Gasteiger partial charge in [0.05, 0.1) is 5.38 Å². The van der Waals surface area contributed by atoms with E-state index >= 15 is 0 Å². The molecule has 160 valence electrons. The van der Waals surface area contributed by atoms with E-state index in [1.54, 1.807) is 19.1 Å². The summed E-state index contributed by atoms with van der Waals surface area (Å²) in [6.07, 6.45) is 15.8. The zero-order valence-electron chi connectivity index (χ0n) is 18.9. The van der Waals surface area contributed by atoms with Gasteiger partial charge in [0.25, 0.3) is 0 Å². The second-order valence-electron chi connectivity index (χ2n) is 9.17. The summed E-state index contributed by atoms with van der Waals surface area (Å²) in [5.41, 5.74) is 1.33. The Morgan fingerprint density at radius 2 is 1.93 bits per heavy atom. The molecule has 2 atom stereocenters. The summed E-state index contributed by atoms with van der Waals surface area (Å²) in [5.74, 6) is 0. The molecule has 1 N–H and O–H groups in total. The van der Waals surface area contributed by atoms with Crippen LogP contribution in [-0.4, -0.2) is 40.5 Å². The molecule has 1 aliphatic carbocycles. The van der Waals surface area contributed by atoms with Gasteiger partial charge in [-0.2, -0.15) is 0 Å². The summed E-state index contributed by atoms with van der Waals surface area (Å²) < 4.78 is 9.47. The first-order chi connectivity index (χ1) is 12.2. The monoisotopic (exact) mass is 435 g/mol. The molecule has 2 unspecified atom stereocenters. The van der Waals surface area contributed by atoms with Crippen LogP contribution in [0, 0.1) is 0 Å². The summed E-state index contributed by atoms with van der Waals surface area (Å²) in [7, 11) is 0.957. The lowest BCUT2D eigenvalue weighted by atomic mass is 9.99. The Bertz CT molecular complexity index is 501. The number of alkyl halides is 1. The van der Waals surface area contributed by atoms with Crippen molar-refractivity contribution in [1.82, 2.24) is 4.72 Å². The molecule has 2 nitrogen and oxygen atoms in total. The van der Waals surface area contributed by atoms with Crippen LogP contribution in [0.3, 0.4) is 0 Å². The molecule has 0 heterocycles. The molecule has 0 bridgehead atoms. The number of rotatable bonds is 7. The Balaban J connectivity index is 0.000000636. The maximum Gasteiger partial charge on any atom is 0.0556 e. The van der Waals surface area contributed by atoms with Crippen molar-refractivity contribution < 1.29 is 4.18 Å². The lowest BCUT2D eigenvalue weighted by Crippen LogP contribution is -2.28. The SMILES string of the molecule is C=CCC(CC1=CC(Cl)CC=C1)NSC(C)(C)C.COS(C)(C)C(C)(C)C. The maximum atomic E-state index is 6.15. The van der Waals surface area contributed by atoms with Crippen LogP contribution in [0.1, 0.15) is 60.8 Å². The third-order valence-electron chi connectivity index (χ3n) is 4.44. The van der Waals surface area contributed by atoms with Crippen molar-refractivity contribution in [2.45, 2.75) is 81.7 Å². The standard InChI is InChI=1S/C15H24ClNS.C7H18OS/c1-5-7-14(17-18-15(2,3)4)11-12-8-6-9-13(16)10-12;1-7(2,3)9(5,6)8-4/h5-6,8,10,13-14,17H,1,7,9,11H2,2-4H3;1-6H3. The average molecular weight is 436 g/mol. The Hall–Kier alpha value is 0.130. The highest BCUT2D eigenvalue weighted by Crippen LogP contribution is 2.52. The molecular weight excluding hydrogens is 394 g/mol. The third-order valence-corrected chi connectivity index (χ3v) is 9.60. The highest BCUT2D eigenvalue weighted by molar-refractivity contribution is 8.29. The van der Waals surface area contributed by atoms with Crippen LogP contribution < -0.4 is 4.72 Å². The van der Waals surface area contributed by atoms with Crippen molar-refractivity contribution >= 4 is 33.9 Å². The Kier molecular flexibility index (Phi) is 12.0. The minimum atomic E-state index is -0.836. The fourth-order valence-electron chi connectivity index (χ4n) is 2.01. The molecule has 0 aromatic carbocycles. The first-order valence-electron chi connectivity index (χ1n) is 9.56. The summed E-state index contributed by atoms with van der Waals surface area (Å²) in [5, 5.41) is 0.157. The van der Waals surface area contributed by atoms with Crippen molar-refractivity contribution in [3.63, 3.8) is 0 Å². The van der Waals surface area contributed by atoms with E-state index < -0.39 is 10.3 Å². The van der Waals surface area contributed by atoms with Gasteiger partial charge in [0, 0.05) is 22.6 Å². The average Bonchev–Trinajstić information content (AvgIpc) is 2.52. The fourth-order valence-corrected chi connectivity index (χ4v) is 3.47. The topological polar surface area (TPSA) is 21.3 Å². The molecule has 0 aromatic heterocycles. The predicted molar refractivity (Wildman–Crippen MR) is 131 cm³/mol. The summed E-state index contributed by atoms with van der Waals surface area (Å²) in [6, 6.07) is 0.421. The number of halogens is 1. The van der Waals surface area contributed by atoms with Gasteiger partial charge in [-0.05, 0) is 58.1 Å². The van der Waals surface area contributed by atoms with Crippen LogP contribution in [-0.2, 0) is 4.18 Å². The molecular formula is C22H42ClNOS2. The highest BCUT2D eigenvalue weighted by Gasteiger charge is 2.27. The lowest BCUT2D eigenvalue weighted by molar-refractivity contribution is 0.452. The number of nitrogens with one attached hydrogen (secondary N) is 1. The van der Waals surface area contributed by atoms with E-state index in [1.807, 2.05) is 6.08 Å². The molecule has 1 rings (SSSR count). The van der Waals surface area contributed by atoms with Crippen molar-refractivity contribution in [3.8, 4) is 0 Å².